The summed E-state index contributed by atoms with van der Waals surface area (Å²) >= 11 is 0. The minimum Gasteiger partial charge on any atom is -0.427 e. The van der Waals surface area contributed by atoms with E-state index < -0.39 is 43.3 Å². The molecule has 0 heterocycles. The van der Waals surface area contributed by atoms with Gasteiger partial charge in [0.05, 0.1) is 0 Å². The average molecular weight is 344 g/mol. The lowest BCUT2D eigenvalue weighted by atomic mass is 10.3. The molecule has 21 heavy (non-hydrogen) atoms. The summed E-state index contributed by atoms with van der Waals surface area (Å²) in [5.41, 5.74) is 0. The maximum atomic E-state index is 12.2. The fraction of sp³-hybridized carbons (Fsp3) is 0.857. The minimum absolute atomic E-state index is 2.68. The maximum absolute atomic E-state index is 12.2. The highest BCUT2D eigenvalue weighted by Crippen LogP contribution is 2.37. The molecular formula is C7H3F11O3. The molecule has 0 fully saturated rings. The Morgan fingerprint density at radius 2 is 1.19 bits per heavy atom. The largest absolute Gasteiger partial charge is 0.509 e. The first kappa shape index (κ1) is 19.5. The molecule has 0 saturated heterocycles. The second kappa shape index (κ2) is 5.71. The Bertz CT molecular complexity index is 351. The summed E-state index contributed by atoms with van der Waals surface area (Å²) in [6, 6.07) is 0. The van der Waals surface area contributed by atoms with Gasteiger partial charge in [0.2, 0.25) is 0 Å². The number of ether oxygens (including phenoxy) is 2. The van der Waals surface area contributed by atoms with E-state index in [-0.39, 0.29) is 0 Å². The fourth-order valence-corrected chi connectivity index (χ4v) is 0.681. The molecule has 0 aliphatic carbocycles. The summed E-state index contributed by atoms with van der Waals surface area (Å²) in [7, 11) is 0. The molecule has 0 aromatic heterocycles. The van der Waals surface area contributed by atoms with Crippen LogP contribution in [0.25, 0.3) is 0 Å². The lowest BCUT2D eigenvalue weighted by Crippen LogP contribution is -2.46. The monoisotopic (exact) mass is 344 g/mol. The highest BCUT2D eigenvalue weighted by atomic mass is 19.4. The van der Waals surface area contributed by atoms with Gasteiger partial charge < -0.3 is 9.47 Å². The quantitative estimate of drug-likeness (QED) is 0.577. The third kappa shape index (κ3) is 5.79. The number of alkyl halides is 11. The Labute approximate surface area is 107 Å². The maximum Gasteiger partial charge on any atom is 0.509 e. The van der Waals surface area contributed by atoms with Crippen LogP contribution in [-0.2, 0) is 9.47 Å². The third-order valence-corrected chi connectivity index (χ3v) is 1.59. The Kier molecular flexibility index (Phi) is 5.30. The van der Waals surface area contributed by atoms with Crippen molar-refractivity contribution in [2.75, 3.05) is 6.61 Å². The van der Waals surface area contributed by atoms with Crippen LogP contribution in [0.4, 0.5) is 53.1 Å². The summed E-state index contributed by atoms with van der Waals surface area (Å²) in [5.74, 6) is -5.67. The topological polar surface area (TPSA) is 35.5 Å². The molecule has 126 valence electrons. The zero-order chi connectivity index (χ0) is 17.3. The van der Waals surface area contributed by atoms with Gasteiger partial charge in [0.15, 0.2) is 6.61 Å². The Morgan fingerprint density at radius 1 is 0.810 bits per heavy atom. The van der Waals surface area contributed by atoms with Crippen LogP contribution in [0.5, 0.6) is 0 Å². The van der Waals surface area contributed by atoms with Crippen LogP contribution in [0.3, 0.4) is 0 Å². The van der Waals surface area contributed by atoms with Gasteiger partial charge in [0.25, 0.3) is 6.10 Å². The number of rotatable bonds is 3. The SMILES string of the molecule is O=C(OCC(F)(F)C(F)(F)F)OC(C(F)(F)F)C(F)(F)F. The van der Waals surface area contributed by atoms with Gasteiger partial charge in [-0.3, -0.25) is 0 Å². The number of carbonyl (C=O) groups excluding carboxylic acids is 1. The summed E-state index contributed by atoms with van der Waals surface area (Å²) in [4.78, 5) is 10.4. The van der Waals surface area contributed by atoms with Crippen molar-refractivity contribution in [2.24, 2.45) is 0 Å². The molecule has 0 N–H and O–H groups in total. The van der Waals surface area contributed by atoms with E-state index in [1.54, 1.807) is 0 Å². The van der Waals surface area contributed by atoms with Gasteiger partial charge >= 0.3 is 30.6 Å². The molecule has 0 aromatic carbocycles. The Morgan fingerprint density at radius 3 is 1.48 bits per heavy atom. The van der Waals surface area contributed by atoms with Gasteiger partial charge in [-0.2, -0.15) is 48.3 Å². The standard InChI is InChI=1S/C7H3F11O3/c8-4(9,7(16,17)18)1-20-3(19)21-2(5(10,11)12)6(13,14)15/h2H,1H2. The molecule has 0 saturated carbocycles. The van der Waals surface area contributed by atoms with Gasteiger partial charge in [-0.25, -0.2) is 4.79 Å². The van der Waals surface area contributed by atoms with Gasteiger partial charge in [-0.05, 0) is 0 Å². The predicted octanol–water partition coefficient (Wildman–Crippen LogP) is 3.83. The van der Waals surface area contributed by atoms with Gasteiger partial charge in [0, 0.05) is 0 Å². The van der Waals surface area contributed by atoms with E-state index in [1.807, 2.05) is 0 Å². The minimum atomic E-state index is -6.22. The fourth-order valence-electron chi connectivity index (χ4n) is 0.681. The van der Waals surface area contributed by atoms with Crippen LogP contribution >= 0.6 is 0 Å². The Balaban J connectivity index is 4.77. The highest BCUT2D eigenvalue weighted by molar-refractivity contribution is 5.60. The van der Waals surface area contributed by atoms with Crippen molar-refractivity contribution in [2.45, 2.75) is 30.6 Å². The second-order valence-electron chi connectivity index (χ2n) is 3.32. The molecule has 14 heteroatoms. The van der Waals surface area contributed by atoms with Crippen molar-refractivity contribution in [1.82, 2.24) is 0 Å². The molecular weight excluding hydrogens is 341 g/mol. The highest BCUT2D eigenvalue weighted by Gasteiger charge is 2.61. The van der Waals surface area contributed by atoms with Crippen molar-refractivity contribution < 1.29 is 62.6 Å². The van der Waals surface area contributed by atoms with Crippen LogP contribution in [0.15, 0.2) is 0 Å². The van der Waals surface area contributed by atoms with E-state index in [4.69, 9.17) is 0 Å². The lowest BCUT2D eigenvalue weighted by Gasteiger charge is -2.23. The van der Waals surface area contributed by atoms with Gasteiger partial charge in [-0.1, -0.05) is 0 Å². The molecule has 0 rings (SSSR count). The van der Waals surface area contributed by atoms with E-state index in [1.165, 1.54) is 0 Å². The predicted molar refractivity (Wildman–Crippen MR) is 39.3 cm³/mol. The van der Waals surface area contributed by atoms with Gasteiger partial charge in [-0.15, -0.1) is 0 Å². The molecule has 0 aromatic rings. The lowest BCUT2D eigenvalue weighted by molar-refractivity contribution is -0.315. The normalized spacial score (nSPS) is 14.3. The molecule has 0 bridgehead atoms. The van der Waals surface area contributed by atoms with E-state index in [9.17, 15) is 53.1 Å². The smallest absolute Gasteiger partial charge is 0.427 e. The molecule has 0 aliphatic rings. The molecule has 0 radical (unpaired) electrons. The number of hydrogen-bond donors (Lipinski definition) is 0. The number of hydrogen-bond acceptors (Lipinski definition) is 3. The van der Waals surface area contributed by atoms with Crippen molar-refractivity contribution in [3.8, 4) is 0 Å². The van der Waals surface area contributed by atoms with Gasteiger partial charge in [0.1, 0.15) is 0 Å². The molecule has 0 unspecified atom stereocenters. The molecule has 0 spiro atoms. The molecule has 0 aliphatic heterocycles. The zero-order valence-electron chi connectivity index (χ0n) is 9.17. The third-order valence-electron chi connectivity index (χ3n) is 1.59. The van der Waals surface area contributed by atoms with E-state index >= 15 is 0 Å². The first-order chi connectivity index (χ1) is 8.98. The zero-order valence-corrected chi connectivity index (χ0v) is 9.17. The number of halogens is 11. The second-order valence-corrected chi connectivity index (χ2v) is 3.32. The molecule has 0 amide bonds. The summed E-state index contributed by atoms with van der Waals surface area (Å²) in [6.07, 6.45) is -26.3. The van der Waals surface area contributed by atoms with Crippen LogP contribution in [0.2, 0.25) is 0 Å². The van der Waals surface area contributed by atoms with Crippen molar-refractivity contribution in [1.29, 1.82) is 0 Å². The number of carbonyl (C=O) groups is 1. The van der Waals surface area contributed by atoms with Crippen molar-refractivity contribution >= 4 is 6.16 Å². The van der Waals surface area contributed by atoms with Crippen molar-refractivity contribution in [3.63, 3.8) is 0 Å². The summed E-state index contributed by atoms with van der Waals surface area (Å²) in [6.45, 7) is -2.84. The first-order valence-corrected chi connectivity index (χ1v) is 4.40. The average Bonchev–Trinajstić information content (AvgIpc) is 2.18. The Hall–Kier alpha value is -1.50. The molecule has 3 nitrogen and oxygen atoms in total. The van der Waals surface area contributed by atoms with Crippen LogP contribution in [0, 0.1) is 0 Å². The molecule has 0 atom stereocenters. The van der Waals surface area contributed by atoms with Crippen LogP contribution in [0.1, 0.15) is 0 Å². The summed E-state index contributed by atoms with van der Waals surface area (Å²) in [5, 5.41) is 0. The summed E-state index contributed by atoms with van der Waals surface area (Å²) < 4.78 is 136. The van der Waals surface area contributed by atoms with E-state index in [0.717, 1.165) is 0 Å². The van der Waals surface area contributed by atoms with Crippen LogP contribution < -0.4 is 0 Å². The van der Waals surface area contributed by atoms with Crippen LogP contribution in [-0.4, -0.2) is 43.3 Å². The van der Waals surface area contributed by atoms with E-state index in [0.29, 0.717) is 0 Å². The van der Waals surface area contributed by atoms with Crippen molar-refractivity contribution in [3.05, 3.63) is 0 Å². The first-order valence-electron chi connectivity index (χ1n) is 4.40. The van der Waals surface area contributed by atoms with E-state index in [2.05, 4.69) is 9.47 Å².